The summed E-state index contributed by atoms with van der Waals surface area (Å²) in [6.07, 6.45) is 5.28. The second kappa shape index (κ2) is 11.1. The lowest BCUT2D eigenvalue weighted by atomic mass is 10.0. The third-order valence-electron chi connectivity index (χ3n) is 7.29. The molecule has 6 rings (SSSR count). The number of carbonyl (C=O) groups is 1. The van der Waals surface area contributed by atoms with Crippen molar-refractivity contribution in [1.82, 2.24) is 24.7 Å². The summed E-state index contributed by atoms with van der Waals surface area (Å²) < 4.78 is 23.9. The largest absolute Gasteiger partial charge is 0.496 e. The smallest absolute Gasteiger partial charge is 0.274 e. The van der Waals surface area contributed by atoms with Crippen molar-refractivity contribution in [2.75, 3.05) is 30.5 Å². The number of fused-ring (bicyclic) bond motifs is 1. The van der Waals surface area contributed by atoms with Gasteiger partial charge in [0.1, 0.15) is 22.8 Å². The first-order chi connectivity index (χ1) is 20.3. The maximum Gasteiger partial charge on any atom is 0.274 e. The zero-order valence-electron chi connectivity index (χ0n) is 23.2. The Kier molecular flexibility index (Phi) is 7.31. The summed E-state index contributed by atoms with van der Waals surface area (Å²) >= 11 is 1.55. The lowest BCUT2D eigenvalue weighted by Gasteiger charge is -2.28. The molecule has 13 heteroatoms. The minimum atomic E-state index is -0.591. The number of methoxy groups -OCH3 is 1. The quantitative estimate of drug-likeness (QED) is 0.259. The number of rotatable bonds is 7. The summed E-state index contributed by atoms with van der Waals surface area (Å²) in [7, 11) is 3.18. The van der Waals surface area contributed by atoms with Crippen molar-refractivity contribution in [2.45, 2.75) is 25.4 Å². The molecule has 4 heterocycles. The third-order valence-corrected chi connectivity index (χ3v) is 8.22. The lowest BCUT2D eigenvalue weighted by molar-refractivity contribution is 0.102. The Hall–Kier alpha value is -4.46. The van der Waals surface area contributed by atoms with E-state index in [-0.39, 0.29) is 41.5 Å². The van der Waals surface area contributed by atoms with Crippen molar-refractivity contribution in [2.24, 2.45) is 12.8 Å². The molecule has 0 spiro atoms. The van der Waals surface area contributed by atoms with Crippen LogP contribution in [0, 0.1) is 12.7 Å². The molecule has 216 valence electrons. The summed E-state index contributed by atoms with van der Waals surface area (Å²) in [4.78, 5) is 29.0. The van der Waals surface area contributed by atoms with E-state index in [0.717, 1.165) is 15.2 Å². The molecule has 1 amide bonds. The van der Waals surface area contributed by atoms with Gasteiger partial charge in [-0.1, -0.05) is 0 Å². The van der Waals surface area contributed by atoms with Gasteiger partial charge in [-0.3, -0.25) is 9.48 Å². The molecule has 0 aliphatic carbocycles. The molecule has 0 bridgehead atoms. The van der Waals surface area contributed by atoms with Gasteiger partial charge >= 0.3 is 0 Å². The maximum absolute atomic E-state index is 15.9. The molecule has 1 saturated heterocycles. The van der Waals surface area contributed by atoms with Crippen LogP contribution in [0.15, 0.2) is 48.9 Å². The average Bonchev–Trinajstić information content (AvgIpc) is 3.69. The highest BCUT2D eigenvalue weighted by Gasteiger charge is 2.33. The monoisotopic (exact) mass is 588 g/mol. The number of thiazole rings is 1. The lowest BCUT2D eigenvalue weighted by Crippen LogP contribution is -2.34. The molecule has 5 aromatic rings. The van der Waals surface area contributed by atoms with Crippen LogP contribution in [-0.2, 0) is 7.05 Å². The molecule has 1 aliphatic heterocycles. The molecular weight excluding hydrogens is 559 g/mol. The predicted octanol–water partition coefficient (Wildman–Crippen LogP) is 3.76. The number of nitrogens with one attached hydrogen (secondary N) is 1. The zero-order valence-corrected chi connectivity index (χ0v) is 24.0. The number of halogens is 1. The van der Waals surface area contributed by atoms with Crippen LogP contribution in [0.3, 0.4) is 0 Å². The van der Waals surface area contributed by atoms with Crippen LogP contribution in [-0.4, -0.2) is 68.1 Å². The van der Waals surface area contributed by atoms with E-state index in [9.17, 15) is 9.90 Å². The van der Waals surface area contributed by atoms with E-state index in [1.54, 1.807) is 47.6 Å². The molecule has 2 atom stereocenters. The number of hydrogen-bond acceptors (Lipinski definition) is 10. The summed E-state index contributed by atoms with van der Waals surface area (Å²) in [6, 6.07) is 8.07. The molecule has 1 aliphatic rings. The van der Waals surface area contributed by atoms with Gasteiger partial charge in [0.15, 0.2) is 5.82 Å². The van der Waals surface area contributed by atoms with Gasteiger partial charge in [0.05, 0.1) is 52.6 Å². The SMILES string of the molecule is COc1ccc(-c2cnn(C)c2)c(F)c1-c1nccc(C(=O)Nc2ccc3sc(C)nc3c2N2C[C@H](N)C[C@H]2CO)n1. The topological polar surface area (TPSA) is 144 Å². The van der Waals surface area contributed by atoms with Crippen LogP contribution >= 0.6 is 11.3 Å². The summed E-state index contributed by atoms with van der Waals surface area (Å²) in [5.41, 5.74) is 9.14. The Morgan fingerprint density at radius 2 is 2.10 bits per heavy atom. The highest BCUT2D eigenvalue weighted by atomic mass is 32.1. The van der Waals surface area contributed by atoms with E-state index in [2.05, 4.69) is 20.4 Å². The first-order valence-corrected chi connectivity index (χ1v) is 14.1. The van der Waals surface area contributed by atoms with Crippen molar-refractivity contribution in [3.05, 3.63) is 65.4 Å². The molecule has 3 aromatic heterocycles. The number of amides is 1. The van der Waals surface area contributed by atoms with Crippen LogP contribution in [0.5, 0.6) is 5.75 Å². The Morgan fingerprint density at radius 3 is 2.83 bits per heavy atom. The number of benzene rings is 2. The summed E-state index contributed by atoms with van der Waals surface area (Å²) in [5, 5.41) is 18.0. The van der Waals surface area contributed by atoms with Crippen molar-refractivity contribution >= 4 is 38.8 Å². The number of aliphatic hydroxyl groups excluding tert-OH is 1. The van der Waals surface area contributed by atoms with Gasteiger partial charge in [-0.2, -0.15) is 5.10 Å². The number of nitrogens with zero attached hydrogens (tertiary/aromatic N) is 6. The number of aryl methyl sites for hydroxylation is 2. The predicted molar refractivity (Wildman–Crippen MR) is 159 cm³/mol. The second-order valence-electron chi connectivity index (χ2n) is 10.2. The fourth-order valence-corrected chi connectivity index (χ4v) is 6.22. The number of carbonyl (C=O) groups excluding carboxylic acids is 1. The summed E-state index contributed by atoms with van der Waals surface area (Å²) in [6.45, 7) is 2.35. The highest BCUT2D eigenvalue weighted by Crippen LogP contribution is 2.40. The van der Waals surface area contributed by atoms with Crippen LogP contribution in [0.2, 0.25) is 0 Å². The van der Waals surface area contributed by atoms with Gasteiger partial charge in [-0.25, -0.2) is 19.3 Å². The van der Waals surface area contributed by atoms with Gasteiger partial charge in [-0.05, 0) is 43.7 Å². The number of aromatic nitrogens is 5. The van der Waals surface area contributed by atoms with E-state index in [0.29, 0.717) is 35.5 Å². The van der Waals surface area contributed by atoms with Crippen LogP contribution in [0.4, 0.5) is 15.8 Å². The average molecular weight is 589 g/mol. The standard InChI is InChI=1S/C29H29FN8O3S/c1-15-34-26-23(42-15)7-5-20(27(26)38-13-17(31)10-18(38)14-39)36-29(40)21-8-9-32-28(35-21)24-22(41-3)6-4-19(25(24)30)16-11-33-37(2)12-16/h4-9,11-12,17-18,39H,10,13-14,31H2,1-3H3,(H,36,40)/t17-,18+/m1/s1. The van der Waals surface area contributed by atoms with E-state index in [1.807, 2.05) is 24.0 Å². The van der Waals surface area contributed by atoms with E-state index >= 15 is 4.39 Å². The van der Waals surface area contributed by atoms with Gasteiger partial charge in [0.25, 0.3) is 5.91 Å². The van der Waals surface area contributed by atoms with E-state index in [1.165, 1.54) is 19.4 Å². The molecule has 0 radical (unpaired) electrons. The van der Waals surface area contributed by atoms with Crippen LogP contribution < -0.4 is 20.7 Å². The number of aliphatic hydroxyl groups is 1. The number of ether oxygens (including phenoxy) is 1. The van der Waals surface area contributed by atoms with E-state index in [4.69, 9.17) is 15.5 Å². The number of nitrogens with two attached hydrogens (primary N) is 1. The third kappa shape index (κ3) is 4.95. The molecule has 1 fully saturated rings. The minimum Gasteiger partial charge on any atom is -0.496 e. The molecular formula is C29H29FN8O3S. The van der Waals surface area contributed by atoms with Gasteiger partial charge in [-0.15, -0.1) is 11.3 Å². The molecule has 0 saturated carbocycles. The second-order valence-corrected chi connectivity index (χ2v) is 11.4. The fraction of sp³-hybridized carbons (Fsp3) is 0.276. The Bertz CT molecular complexity index is 1810. The molecule has 11 nitrogen and oxygen atoms in total. The molecule has 2 aromatic carbocycles. The first kappa shape index (κ1) is 27.7. The normalized spacial score (nSPS) is 16.8. The number of anilines is 2. The van der Waals surface area contributed by atoms with Gasteiger partial charge in [0.2, 0.25) is 0 Å². The Labute approximate surface area is 244 Å². The summed E-state index contributed by atoms with van der Waals surface area (Å²) in [5.74, 6) is -0.880. The molecule has 0 unspecified atom stereocenters. The first-order valence-electron chi connectivity index (χ1n) is 13.3. The molecule has 4 N–H and O–H groups in total. The van der Waals surface area contributed by atoms with Gasteiger partial charge in [0, 0.05) is 43.2 Å². The Morgan fingerprint density at radius 1 is 1.26 bits per heavy atom. The Balaban J connectivity index is 1.38. The highest BCUT2D eigenvalue weighted by molar-refractivity contribution is 7.18. The fourth-order valence-electron chi connectivity index (χ4n) is 5.39. The van der Waals surface area contributed by atoms with Crippen molar-refractivity contribution in [3.63, 3.8) is 0 Å². The minimum absolute atomic E-state index is 0.000553. The van der Waals surface area contributed by atoms with Crippen LogP contribution in [0.25, 0.3) is 32.7 Å². The van der Waals surface area contributed by atoms with E-state index < -0.39 is 11.7 Å². The van der Waals surface area contributed by atoms with Crippen molar-refractivity contribution in [3.8, 4) is 28.3 Å². The van der Waals surface area contributed by atoms with Crippen molar-refractivity contribution in [1.29, 1.82) is 0 Å². The number of hydrogen-bond donors (Lipinski definition) is 3. The maximum atomic E-state index is 15.9. The zero-order chi connectivity index (χ0) is 29.5. The van der Waals surface area contributed by atoms with Crippen molar-refractivity contribution < 1.29 is 19.0 Å². The molecule has 42 heavy (non-hydrogen) atoms. The van der Waals surface area contributed by atoms with Gasteiger partial charge < -0.3 is 25.8 Å². The van der Waals surface area contributed by atoms with Crippen LogP contribution in [0.1, 0.15) is 21.9 Å².